The van der Waals surface area contributed by atoms with Crippen molar-refractivity contribution in [2.45, 2.75) is 17.7 Å². The molecule has 1 heterocycles. The van der Waals surface area contributed by atoms with Gasteiger partial charge in [-0.2, -0.15) is 8.78 Å². The van der Waals surface area contributed by atoms with Crippen LogP contribution in [0.4, 0.5) is 8.78 Å². The zero-order valence-electron chi connectivity index (χ0n) is 6.12. The first-order valence-electron chi connectivity index (χ1n) is 3.53. The molecule has 1 aliphatic rings. The van der Waals surface area contributed by atoms with Gasteiger partial charge in [-0.05, 0) is 28.8 Å². The molecule has 0 aromatic rings. The Labute approximate surface area is 73.2 Å². The van der Waals surface area contributed by atoms with Gasteiger partial charge in [-0.15, -0.1) is 0 Å². The van der Waals surface area contributed by atoms with Gasteiger partial charge in [0.1, 0.15) is 0 Å². The molecule has 0 amide bonds. The smallest absolute Gasteiger partial charge is 0.340 e. The van der Waals surface area contributed by atoms with Gasteiger partial charge in [-0.25, -0.2) is 0 Å². The fourth-order valence-electron chi connectivity index (χ4n) is 1.17. The predicted molar refractivity (Wildman–Crippen MR) is 43.8 cm³/mol. The largest absolute Gasteiger partial charge is 0.370 e. The topological polar surface area (TPSA) is 3.24 Å². The monoisotopic (exact) mass is 225 g/mol. The SMILES string of the molecule is C=C(N1CCCC1)C(F)(F)Br. The Morgan fingerprint density at radius 2 is 1.82 bits per heavy atom. The number of hydrogen-bond acceptors (Lipinski definition) is 1. The van der Waals surface area contributed by atoms with Crippen LogP contribution in [-0.4, -0.2) is 22.8 Å². The molecule has 0 aromatic carbocycles. The summed E-state index contributed by atoms with van der Waals surface area (Å²) in [5.74, 6) is 0. The number of halogens is 3. The molecule has 0 bridgehead atoms. The van der Waals surface area contributed by atoms with E-state index in [1.54, 1.807) is 4.90 Å². The molecule has 1 fully saturated rings. The summed E-state index contributed by atoms with van der Waals surface area (Å²) in [4.78, 5) is -1.31. The third-order valence-corrected chi connectivity index (χ3v) is 2.27. The fraction of sp³-hybridized carbons (Fsp3) is 0.714. The van der Waals surface area contributed by atoms with Crippen LogP contribution in [-0.2, 0) is 0 Å². The number of rotatable bonds is 2. The molecule has 0 saturated carbocycles. The lowest BCUT2D eigenvalue weighted by Crippen LogP contribution is -2.27. The van der Waals surface area contributed by atoms with E-state index in [9.17, 15) is 8.78 Å². The van der Waals surface area contributed by atoms with Gasteiger partial charge < -0.3 is 4.90 Å². The standard InChI is InChI=1S/C7H10BrF2N/c1-6(7(8,9)10)11-4-2-3-5-11/h1-5H2. The van der Waals surface area contributed by atoms with Gasteiger partial charge in [0.2, 0.25) is 0 Å². The van der Waals surface area contributed by atoms with Gasteiger partial charge in [0.15, 0.2) is 0 Å². The van der Waals surface area contributed by atoms with Crippen LogP contribution >= 0.6 is 15.9 Å². The minimum Gasteiger partial charge on any atom is -0.370 e. The Balaban J connectivity index is 2.53. The number of likely N-dealkylation sites (tertiary alicyclic amines) is 1. The van der Waals surface area contributed by atoms with Crippen molar-refractivity contribution in [3.63, 3.8) is 0 Å². The van der Waals surface area contributed by atoms with Gasteiger partial charge >= 0.3 is 4.83 Å². The molecule has 0 aliphatic carbocycles. The molecule has 1 nitrogen and oxygen atoms in total. The van der Waals surface area contributed by atoms with Crippen LogP contribution < -0.4 is 0 Å². The Hall–Kier alpha value is -0.120. The molecular weight excluding hydrogens is 216 g/mol. The minimum atomic E-state index is -2.93. The van der Waals surface area contributed by atoms with E-state index in [1.165, 1.54) is 0 Å². The third kappa shape index (κ3) is 2.15. The summed E-state index contributed by atoms with van der Waals surface area (Å²) in [6.45, 7) is 4.75. The van der Waals surface area contributed by atoms with Crippen molar-refractivity contribution >= 4 is 15.9 Å². The second-order valence-electron chi connectivity index (χ2n) is 2.64. The minimum absolute atomic E-state index is 0.116. The van der Waals surface area contributed by atoms with Crippen LogP contribution in [0.3, 0.4) is 0 Å². The second kappa shape index (κ2) is 3.09. The van der Waals surface area contributed by atoms with E-state index in [0.29, 0.717) is 13.1 Å². The van der Waals surface area contributed by atoms with Crippen molar-refractivity contribution < 1.29 is 8.78 Å². The van der Waals surface area contributed by atoms with Crippen molar-refractivity contribution in [3.8, 4) is 0 Å². The average molecular weight is 226 g/mol. The molecule has 0 aromatic heterocycles. The molecule has 11 heavy (non-hydrogen) atoms. The van der Waals surface area contributed by atoms with Gasteiger partial charge in [0, 0.05) is 13.1 Å². The van der Waals surface area contributed by atoms with Crippen molar-refractivity contribution in [3.05, 3.63) is 12.3 Å². The normalized spacial score (nSPS) is 19.0. The summed E-state index contributed by atoms with van der Waals surface area (Å²) in [6, 6.07) is 0. The molecule has 4 heteroatoms. The maximum Gasteiger partial charge on any atom is 0.340 e. The van der Waals surface area contributed by atoms with Crippen molar-refractivity contribution in [1.29, 1.82) is 0 Å². The predicted octanol–water partition coefficient (Wildman–Crippen LogP) is 2.58. The van der Waals surface area contributed by atoms with Crippen LogP contribution in [0.2, 0.25) is 0 Å². The van der Waals surface area contributed by atoms with E-state index < -0.39 is 4.83 Å². The highest BCUT2D eigenvalue weighted by atomic mass is 79.9. The number of alkyl halides is 3. The highest BCUT2D eigenvalue weighted by Gasteiger charge is 2.33. The molecule has 1 aliphatic heterocycles. The molecule has 0 atom stereocenters. The molecule has 0 N–H and O–H groups in total. The molecule has 1 saturated heterocycles. The summed E-state index contributed by atoms with van der Waals surface area (Å²) in [6.07, 6.45) is 1.98. The fourth-order valence-corrected chi connectivity index (χ4v) is 1.42. The van der Waals surface area contributed by atoms with Gasteiger partial charge in [-0.1, -0.05) is 6.58 Å². The van der Waals surface area contributed by atoms with E-state index in [1.807, 2.05) is 0 Å². The van der Waals surface area contributed by atoms with Crippen LogP contribution in [0, 0.1) is 0 Å². The van der Waals surface area contributed by atoms with Crippen LogP contribution in [0.1, 0.15) is 12.8 Å². The maximum atomic E-state index is 12.5. The molecule has 64 valence electrons. The molecular formula is C7H10BrF2N. The van der Waals surface area contributed by atoms with Gasteiger partial charge in [-0.3, -0.25) is 0 Å². The van der Waals surface area contributed by atoms with E-state index in [2.05, 4.69) is 22.5 Å². The Kier molecular flexibility index (Phi) is 2.52. The third-order valence-electron chi connectivity index (χ3n) is 1.82. The first-order valence-corrected chi connectivity index (χ1v) is 4.32. The van der Waals surface area contributed by atoms with E-state index in [-0.39, 0.29) is 5.70 Å². The Morgan fingerprint density at radius 1 is 1.36 bits per heavy atom. The first-order chi connectivity index (χ1) is 5.02. The van der Waals surface area contributed by atoms with Crippen molar-refractivity contribution in [2.75, 3.05) is 13.1 Å². The van der Waals surface area contributed by atoms with Gasteiger partial charge in [0.25, 0.3) is 0 Å². The summed E-state index contributed by atoms with van der Waals surface area (Å²) in [7, 11) is 0. The number of hydrogen-bond donors (Lipinski definition) is 0. The Morgan fingerprint density at radius 3 is 2.18 bits per heavy atom. The molecule has 0 spiro atoms. The highest BCUT2D eigenvalue weighted by Crippen LogP contribution is 2.33. The van der Waals surface area contributed by atoms with Gasteiger partial charge in [0.05, 0.1) is 5.70 Å². The maximum absolute atomic E-state index is 12.5. The van der Waals surface area contributed by atoms with Crippen LogP contribution in [0.5, 0.6) is 0 Å². The lowest BCUT2D eigenvalue weighted by atomic mass is 10.4. The van der Waals surface area contributed by atoms with Crippen molar-refractivity contribution in [2.24, 2.45) is 0 Å². The number of allylic oxidation sites excluding steroid dienone is 1. The summed E-state index contributed by atoms with van der Waals surface area (Å²) in [5.41, 5.74) is -0.116. The molecule has 1 rings (SSSR count). The lowest BCUT2D eigenvalue weighted by molar-refractivity contribution is 0.120. The Bertz CT molecular complexity index is 158. The van der Waals surface area contributed by atoms with Crippen LogP contribution in [0.25, 0.3) is 0 Å². The second-order valence-corrected chi connectivity index (χ2v) is 3.63. The van der Waals surface area contributed by atoms with Crippen LogP contribution in [0.15, 0.2) is 12.3 Å². The molecule has 0 unspecified atom stereocenters. The zero-order valence-corrected chi connectivity index (χ0v) is 7.70. The van der Waals surface area contributed by atoms with E-state index in [0.717, 1.165) is 12.8 Å². The lowest BCUT2D eigenvalue weighted by Gasteiger charge is -2.23. The first kappa shape index (κ1) is 8.97. The van der Waals surface area contributed by atoms with E-state index in [4.69, 9.17) is 0 Å². The summed E-state index contributed by atoms with van der Waals surface area (Å²) < 4.78 is 25.1. The quantitative estimate of drug-likeness (QED) is 0.654. The number of nitrogens with zero attached hydrogens (tertiary/aromatic N) is 1. The van der Waals surface area contributed by atoms with Crippen molar-refractivity contribution in [1.82, 2.24) is 4.90 Å². The summed E-state index contributed by atoms with van der Waals surface area (Å²) in [5, 5.41) is 0. The average Bonchev–Trinajstić information content (AvgIpc) is 2.34. The highest BCUT2D eigenvalue weighted by molar-refractivity contribution is 9.10. The summed E-state index contributed by atoms with van der Waals surface area (Å²) >= 11 is 2.28. The van der Waals surface area contributed by atoms with E-state index >= 15 is 0 Å². The zero-order chi connectivity index (χ0) is 8.48. The molecule has 0 radical (unpaired) electrons.